The van der Waals surface area contributed by atoms with Gasteiger partial charge in [-0.05, 0) is 41.9 Å². The Balaban J connectivity index is 2.38. The summed E-state index contributed by atoms with van der Waals surface area (Å²) in [6, 6.07) is 6.26. The fourth-order valence-corrected chi connectivity index (χ4v) is 1.47. The lowest BCUT2D eigenvalue weighted by molar-refractivity contribution is -0.384. The van der Waals surface area contributed by atoms with Crippen LogP contribution < -0.4 is 10.7 Å². The van der Waals surface area contributed by atoms with Crippen molar-refractivity contribution in [2.24, 2.45) is 11.0 Å². The van der Waals surface area contributed by atoms with Crippen molar-refractivity contribution < 1.29 is 4.92 Å². The molecule has 0 saturated carbocycles. The summed E-state index contributed by atoms with van der Waals surface area (Å²) in [6.07, 6.45) is 5.07. The Kier molecular flexibility index (Phi) is 7.03. The van der Waals surface area contributed by atoms with Crippen molar-refractivity contribution >= 4 is 35.3 Å². The molecular weight excluding hydrogens is 288 g/mol. The maximum atomic E-state index is 10.5. The molecule has 0 aromatic heterocycles. The third-order valence-corrected chi connectivity index (χ3v) is 2.63. The number of nitro groups is 1. The Morgan fingerprint density at radius 1 is 1.43 bits per heavy atom. The van der Waals surface area contributed by atoms with Crippen LogP contribution in [0.1, 0.15) is 19.4 Å². The first-order valence-electron chi connectivity index (χ1n) is 6.47. The summed E-state index contributed by atoms with van der Waals surface area (Å²) in [5, 5.41) is 17.9. The van der Waals surface area contributed by atoms with Crippen molar-refractivity contribution in [1.82, 2.24) is 10.7 Å². The van der Waals surface area contributed by atoms with Gasteiger partial charge < -0.3 is 5.32 Å². The molecule has 0 heterocycles. The Bertz CT molecular complexity index is 538. The van der Waals surface area contributed by atoms with Gasteiger partial charge in [-0.25, -0.2) is 0 Å². The zero-order valence-electron chi connectivity index (χ0n) is 11.9. The summed E-state index contributed by atoms with van der Waals surface area (Å²) in [6.45, 7) is 4.97. The lowest BCUT2D eigenvalue weighted by atomic mass is 10.2. The van der Waals surface area contributed by atoms with E-state index in [0.29, 0.717) is 11.0 Å². The average molecular weight is 306 g/mol. The monoisotopic (exact) mass is 306 g/mol. The summed E-state index contributed by atoms with van der Waals surface area (Å²) in [5.74, 6) is 0.510. The predicted octanol–water partition coefficient (Wildman–Crippen LogP) is 2.71. The third-order valence-electron chi connectivity index (χ3n) is 2.39. The van der Waals surface area contributed by atoms with Crippen molar-refractivity contribution in [2.75, 3.05) is 6.54 Å². The molecule has 1 rings (SSSR count). The molecule has 0 saturated heterocycles. The highest BCUT2D eigenvalue weighted by atomic mass is 32.1. The molecule has 1 aromatic rings. The zero-order chi connectivity index (χ0) is 15.7. The molecule has 112 valence electrons. The number of allylic oxidation sites excluding steroid dienone is 1. The fraction of sp³-hybridized carbons (Fsp3) is 0.286. The van der Waals surface area contributed by atoms with Crippen molar-refractivity contribution in [3.63, 3.8) is 0 Å². The van der Waals surface area contributed by atoms with Crippen molar-refractivity contribution in [3.8, 4) is 0 Å². The van der Waals surface area contributed by atoms with Crippen molar-refractivity contribution in [3.05, 3.63) is 46.0 Å². The van der Waals surface area contributed by atoms with E-state index in [-0.39, 0.29) is 5.69 Å². The molecule has 0 spiro atoms. The van der Waals surface area contributed by atoms with E-state index in [1.54, 1.807) is 30.5 Å². The normalized spacial score (nSPS) is 11.2. The van der Waals surface area contributed by atoms with Crippen LogP contribution in [0.25, 0.3) is 6.08 Å². The van der Waals surface area contributed by atoms with Crippen LogP contribution in [-0.4, -0.2) is 22.8 Å². The molecule has 0 aliphatic rings. The standard InChI is InChI=1S/C14H18N4O2S/c1-11(2)10-15-14(21)17-16-9-3-4-12-5-7-13(8-6-12)18(19)20/h3-9,11H,10H2,1-2H3,(H2,15,17,21). The van der Waals surface area contributed by atoms with Gasteiger partial charge in [0.05, 0.1) is 4.92 Å². The SMILES string of the molecule is CC(C)CNC(=S)NN=CC=Cc1ccc([N+](=O)[O-])cc1. The van der Waals surface area contributed by atoms with Crippen LogP contribution in [0, 0.1) is 16.0 Å². The highest BCUT2D eigenvalue weighted by Gasteiger charge is 2.01. The molecule has 0 unspecified atom stereocenters. The van der Waals surface area contributed by atoms with E-state index in [1.807, 2.05) is 0 Å². The van der Waals surface area contributed by atoms with E-state index < -0.39 is 4.92 Å². The first-order chi connectivity index (χ1) is 9.99. The van der Waals surface area contributed by atoms with Gasteiger partial charge >= 0.3 is 0 Å². The minimum atomic E-state index is -0.427. The second kappa shape index (κ2) is 8.80. The minimum Gasteiger partial charge on any atom is -0.361 e. The van der Waals surface area contributed by atoms with Gasteiger partial charge in [-0.3, -0.25) is 15.5 Å². The zero-order valence-corrected chi connectivity index (χ0v) is 12.8. The molecule has 2 N–H and O–H groups in total. The molecule has 0 radical (unpaired) electrons. The minimum absolute atomic E-state index is 0.0732. The van der Waals surface area contributed by atoms with Crippen LogP contribution >= 0.6 is 12.2 Å². The molecule has 7 heteroatoms. The molecule has 0 aliphatic heterocycles. The lowest BCUT2D eigenvalue weighted by Gasteiger charge is -2.08. The van der Waals surface area contributed by atoms with Gasteiger partial charge in [0, 0.05) is 24.9 Å². The van der Waals surface area contributed by atoms with Crippen molar-refractivity contribution in [1.29, 1.82) is 0 Å². The largest absolute Gasteiger partial charge is 0.361 e. The summed E-state index contributed by atoms with van der Waals surface area (Å²) in [7, 11) is 0. The highest BCUT2D eigenvalue weighted by Crippen LogP contribution is 2.12. The molecule has 0 atom stereocenters. The Hall–Kier alpha value is -2.28. The van der Waals surface area contributed by atoms with E-state index in [9.17, 15) is 10.1 Å². The van der Waals surface area contributed by atoms with Gasteiger partial charge in [-0.15, -0.1) is 0 Å². The molecule has 6 nitrogen and oxygen atoms in total. The highest BCUT2D eigenvalue weighted by molar-refractivity contribution is 7.80. The van der Waals surface area contributed by atoms with Gasteiger partial charge in [0.25, 0.3) is 5.69 Å². The number of non-ortho nitro benzene ring substituents is 1. The van der Waals surface area contributed by atoms with E-state index in [2.05, 4.69) is 29.7 Å². The number of nitro benzene ring substituents is 1. The molecule has 0 amide bonds. The van der Waals surface area contributed by atoms with Gasteiger partial charge in [-0.1, -0.05) is 19.9 Å². The van der Waals surface area contributed by atoms with Gasteiger partial charge in [0.15, 0.2) is 5.11 Å². The topological polar surface area (TPSA) is 79.6 Å². The van der Waals surface area contributed by atoms with E-state index in [1.165, 1.54) is 12.1 Å². The average Bonchev–Trinajstić information content (AvgIpc) is 2.45. The smallest absolute Gasteiger partial charge is 0.269 e. The van der Waals surface area contributed by atoms with Crippen LogP contribution in [0.15, 0.2) is 35.4 Å². The maximum Gasteiger partial charge on any atom is 0.269 e. The number of thiocarbonyl (C=S) groups is 1. The fourth-order valence-electron chi connectivity index (χ4n) is 1.34. The predicted molar refractivity (Wildman–Crippen MR) is 89.2 cm³/mol. The maximum absolute atomic E-state index is 10.5. The first-order valence-corrected chi connectivity index (χ1v) is 6.88. The number of hydrogen-bond acceptors (Lipinski definition) is 4. The van der Waals surface area contributed by atoms with Gasteiger partial charge in [-0.2, -0.15) is 5.10 Å². The van der Waals surface area contributed by atoms with Gasteiger partial charge in [0.2, 0.25) is 0 Å². The summed E-state index contributed by atoms with van der Waals surface area (Å²) < 4.78 is 0. The van der Waals surface area contributed by atoms with E-state index >= 15 is 0 Å². The number of hydrazone groups is 1. The summed E-state index contributed by atoms with van der Waals surface area (Å²) in [4.78, 5) is 10.1. The van der Waals surface area contributed by atoms with Crippen LogP contribution in [0.2, 0.25) is 0 Å². The summed E-state index contributed by atoms with van der Waals surface area (Å²) >= 11 is 5.03. The number of hydrogen-bond donors (Lipinski definition) is 2. The third kappa shape index (κ3) is 7.17. The molecular formula is C14H18N4O2S. The quantitative estimate of drug-likeness (QED) is 0.365. The van der Waals surface area contributed by atoms with Crippen LogP contribution in [0.4, 0.5) is 5.69 Å². The Morgan fingerprint density at radius 3 is 2.67 bits per heavy atom. The lowest BCUT2D eigenvalue weighted by Crippen LogP contribution is -2.34. The molecule has 21 heavy (non-hydrogen) atoms. The number of benzene rings is 1. The number of nitrogens with one attached hydrogen (secondary N) is 2. The second-order valence-corrected chi connectivity index (χ2v) is 5.11. The Morgan fingerprint density at radius 2 is 2.10 bits per heavy atom. The molecule has 0 aliphatic carbocycles. The van der Waals surface area contributed by atoms with Crippen LogP contribution in [-0.2, 0) is 0 Å². The molecule has 0 fully saturated rings. The van der Waals surface area contributed by atoms with E-state index in [0.717, 1.165) is 12.1 Å². The van der Waals surface area contributed by atoms with Gasteiger partial charge in [0.1, 0.15) is 0 Å². The molecule has 1 aromatic carbocycles. The Labute approximate surface area is 129 Å². The van der Waals surface area contributed by atoms with Crippen molar-refractivity contribution in [2.45, 2.75) is 13.8 Å². The molecule has 0 bridgehead atoms. The second-order valence-electron chi connectivity index (χ2n) is 4.70. The summed E-state index contributed by atoms with van der Waals surface area (Å²) in [5.41, 5.74) is 3.62. The van der Waals surface area contributed by atoms with Crippen LogP contribution in [0.3, 0.4) is 0 Å². The first kappa shape index (κ1) is 16.8. The number of rotatable bonds is 6. The number of nitrogens with zero attached hydrogens (tertiary/aromatic N) is 2. The van der Waals surface area contributed by atoms with Crippen LogP contribution in [0.5, 0.6) is 0 Å². The van der Waals surface area contributed by atoms with E-state index in [4.69, 9.17) is 12.2 Å².